The minimum absolute atomic E-state index is 0.0173. The summed E-state index contributed by atoms with van der Waals surface area (Å²) in [5.74, 6) is -1.41. The van der Waals surface area contributed by atoms with Crippen LogP contribution >= 0.6 is 0 Å². The first kappa shape index (κ1) is 28.6. The Morgan fingerprint density at radius 3 is 2.32 bits per heavy atom. The van der Waals surface area contributed by atoms with E-state index in [2.05, 4.69) is 13.0 Å². The van der Waals surface area contributed by atoms with E-state index in [4.69, 9.17) is 0 Å². The summed E-state index contributed by atoms with van der Waals surface area (Å²) in [5, 5.41) is 32.0. The van der Waals surface area contributed by atoms with E-state index in [1.165, 1.54) is 10.5 Å². The second-order valence-corrected chi connectivity index (χ2v) is 11.8. The molecule has 1 aliphatic heterocycles. The van der Waals surface area contributed by atoms with Crippen LogP contribution in [0.5, 0.6) is 5.75 Å². The fourth-order valence-corrected chi connectivity index (χ4v) is 7.22. The predicted molar refractivity (Wildman–Crippen MR) is 149 cm³/mol. The molecule has 3 N–H and O–H groups in total. The van der Waals surface area contributed by atoms with Gasteiger partial charge in [-0.3, -0.25) is 14.5 Å². The lowest BCUT2D eigenvalue weighted by Gasteiger charge is -2.35. The quantitative estimate of drug-likeness (QED) is 0.289. The standard InChI is InChI=1S/C32H45NO5/c1-5-9-22(17-23-14-20(3)30(36)21(4)15-23)12-13-27(35)28-19(2)16-25-29(26(28)18-34)32(38)33(31(25)37)24-10-7-6-8-11-24/h14-15,17,24-27,29,34-36H,5-13,16,18H2,1-4H3/b22-17+/t25-,26+,27-,29-/m1/s1. The molecule has 1 aromatic rings. The molecule has 2 aliphatic carbocycles. The molecule has 1 aromatic carbocycles. The molecule has 2 amide bonds. The van der Waals surface area contributed by atoms with Crippen molar-refractivity contribution >= 4 is 17.9 Å². The van der Waals surface area contributed by atoms with Crippen LogP contribution in [0.1, 0.15) is 94.7 Å². The average Bonchev–Trinajstić information content (AvgIpc) is 3.14. The van der Waals surface area contributed by atoms with E-state index in [0.717, 1.165) is 72.8 Å². The summed E-state index contributed by atoms with van der Waals surface area (Å²) in [6.07, 6.45) is 9.90. The maximum Gasteiger partial charge on any atom is 0.234 e. The number of aliphatic hydroxyl groups is 2. The number of nitrogens with zero attached hydrogens (tertiary/aromatic N) is 1. The van der Waals surface area contributed by atoms with Crippen molar-refractivity contribution in [2.75, 3.05) is 6.61 Å². The summed E-state index contributed by atoms with van der Waals surface area (Å²) in [7, 11) is 0. The Kier molecular flexibility index (Phi) is 9.15. The lowest BCUT2D eigenvalue weighted by atomic mass is 9.68. The molecule has 6 heteroatoms. The summed E-state index contributed by atoms with van der Waals surface area (Å²) in [6.45, 7) is 7.63. The van der Waals surface area contributed by atoms with E-state index in [0.29, 0.717) is 25.0 Å². The van der Waals surface area contributed by atoms with Gasteiger partial charge in [0.25, 0.3) is 0 Å². The Morgan fingerprint density at radius 2 is 1.71 bits per heavy atom. The van der Waals surface area contributed by atoms with Gasteiger partial charge in [0.05, 0.1) is 24.5 Å². The number of aromatic hydroxyl groups is 1. The zero-order chi connectivity index (χ0) is 27.6. The molecule has 6 nitrogen and oxygen atoms in total. The van der Waals surface area contributed by atoms with Gasteiger partial charge >= 0.3 is 0 Å². The normalized spacial score (nSPS) is 25.8. The summed E-state index contributed by atoms with van der Waals surface area (Å²) in [6, 6.07) is 3.94. The smallest absolute Gasteiger partial charge is 0.234 e. The number of carbonyl (C=O) groups is 2. The number of hydrogen-bond acceptors (Lipinski definition) is 5. The lowest BCUT2D eigenvalue weighted by Crippen LogP contribution is -2.42. The van der Waals surface area contributed by atoms with Gasteiger partial charge in [-0.1, -0.05) is 49.8 Å². The van der Waals surface area contributed by atoms with Crippen LogP contribution in [0.2, 0.25) is 0 Å². The van der Waals surface area contributed by atoms with Crippen LogP contribution in [0, 0.1) is 31.6 Å². The van der Waals surface area contributed by atoms with Crippen LogP contribution in [0.3, 0.4) is 0 Å². The van der Waals surface area contributed by atoms with E-state index < -0.39 is 23.9 Å². The second-order valence-electron chi connectivity index (χ2n) is 11.8. The summed E-state index contributed by atoms with van der Waals surface area (Å²) >= 11 is 0. The number of carbonyl (C=O) groups excluding carboxylic acids is 2. The number of aliphatic hydroxyl groups excluding tert-OH is 2. The summed E-state index contributed by atoms with van der Waals surface area (Å²) < 4.78 is 0. The van der Waals surface area contributed by atoms with Gasteiger partial charge < -0.3 is 15.3 Å². The van der Waals surface area contributed by atoms with Gasteiger partial charge in [0.1, 0.15) is 5.75 Å². The molecule has 0 spiro atoms. The van der Waals surface area contributed by atoms with Crippen LogP contribution in [0.25, 0.3) is 6.08 Å². The van der Waals surface area contributed by atoms with Crippen LogP contribution in [0.4, 0.5) is 0 Å². The molecule has 0 unspecified atom stereocenters. The number of fused-ring (bicyclic) bond motifs is 1. The number of allylic oxidation sites excluding steroid dienone is 2. The third-order valence-electron chi connectivity index (χ3n) is 9.05. The van der Waals surface area contributed by atoms with Gasteiger partial charge in [-0.2, -0.15) is 0 Å². The summed E-state index contributed by atoms with van der Waals surface area (Å²) in [4.78, 5) is 28.5. The monoisotopic (exact) mass is 523 g/mol. The van der Waals surface area contributed by atoms with E-state index in [1.807, 2.05) is 32.9 Å². The lowest BCUT2D eigenvalue weighted by molar-refractivity contribution is -0.143. The average molecular weight is 524 g/mol. The number of benzene rings is 1. The van der Waals surface area contributed by atoms with Crippen LogP contribution in [0.15, 0.2) is 28.9 Å². The van der Waals surface area contributed by atoms with Crippen molar-refractivity contribution in [3.05, 3.63) is 45.5 Å². The van der Waals surface area contributed by atoms with E-state index in [9.17, 15) is 24.9 Å². The molecule has 4 atom stereocenters. The Bertz CT molecular complexity index is 1090. The van der Waals surface area contributed by atoms with Crippen molar-refractivity contribution in [1.82, 2.24) is 4.90 Å². The van der Waals surface area contributed by atoms with Crippen LogP contribution < -0.4 is 0 Å². The molecule has 4 rings (SSSR count). The van der Waals surface area contributed by atoms with E-state index >= 15 is 0 Å². The molecule has 1 saturated heterocycles. The molecule has 1 heterocycles. The number of phenols is 1. The highest BCUT2D eigenvalue weighted by Crippen LogP contribution is 2.47. The van der Waals surface area contributed by atoms with Crippen molar-refractivity contribution in [3.8, 4) is 5.75 Å². The van der Waals surface area contributed by atoms with Gasteiger partial charge in [0.2, 0.25) is 11.8 Å². The number of hydrogen-bond donors (Lipinski definition) is 3. The largest absolute Gasteiger partial charge is 0.507 e. The minimum atomic E-state index is -0.775. The Hall–Kier alpha value is -2.44. The Morgan fingerprint density at radius 1 is 1.05 bits per heavy atom. The number of imide groups is 1. The zero-order valence-corrected chi connectivity index (χ0v) is 23.5. The molecule has 0 aromatic heterocycles. The fourth-order valence-electron chi connectivity index (χ4n) is 7.22. The SMILES string of the molecule is CCC/C(=C\c1cc(C)c(O)c(C)c1)CC[C@@H](O)C1=C(C)C[C@H]2C(=O)N(C3CCCCC3)C(=O)[C@H]2[C@H]1CO. The zero-order valence-electron chi connectivity index (χ0n) is 23.5. The molecule has 38 heavy (non-hydrogen) atoms. The van der Waals surface area contributed by atoms with Gasteiger partial charge in [-0.15, -0.1) is 0 Å². The molecule has 1 saturated carbocycles. The van der Waals surface area contributed by atoms with Gasteiger partial charge in [-0.05, 0) is 93.7 Å². The van der Waals surface area contributed by atoms with Crippen molar-refractivity contribution in [1.29, 1.82) is 0 Å². The first-order chi connectivity index (χ1) is 18.2. The minimum Gasteiger partial charge on any atom is -0.507 e. The first-order valence-corrected chi connectivity index (χ1v) is 14.5. The number of aryl methyl sites for hydroxylation is 2. The van der Waals surface area contributed by atoms with Crippen molar-refractivity contribution in [2.24, 2.45) is 17.8 Å². The summed E-state index contributed by atoms with van der Waals surface area (Å²) in [5.41, 5.74) is 5.64. The molecule has 0 radical (unpaired) electrons. The van der Waals surface area contributed by atoms with Crippen LogP contribution in [-0.4, -0.2) is 50.8 Å². The highest BCUT2D eigenvalue weighted by atomic mass is 16.3. The molecule has 3 aliphatic rings. The maximum absolute atomic E-state index is 13.6. The van der Waals surface area contributed by atoms with Crippen LogP contribution in [-0.2, 0) is 9.59 Å². The van der Waals surface area contributed by atoms with Crippen molar-refractivity contribution in [2.45, 2.75) is 104 Å². The molecule has 2 fully saturated rings. The van der Waals surface area contributed by atoms with Gasteiger partial charge in [0, 0.05) is 12.0 Å². The Balaban J connectivity index is 1.52. The highest BCUT2D eigenvalue weighted by Gasteiger charge is 2.55. The fraction of sp³-hybridized carbons (Fsp3) is 0.625. The maximum atomic E-state index is 13.6. The van der Waals surface area contributed by atoms with Crippen molar-refractivity contribution in [3.63, 3.8) is 0 Å². The third kappa shape index (κ3) is 5.62. The molecule has 0 bridgehead atoms. The van der Waals surface area contributed by atoms with Gasteiger partial charge in [-0.25, -0.2) is 0 Å². The topological polar surface area (TPSA) is 98.1 Å². The predicted octanol–water partition coefficient (Wildman–Crippen LogP) is 5.60. The molecule has 208 valence electrons. The Labute approximate surface area is 227 Å². The van der Waals surface area contributed by atoms with E-state index in [1.54, 1.807) is 0 Å². The first-order valence-electron chi connectivity index (χ1n) is 14.5. The highest BCUT2D eigenvalue weighted by molar-refractivity contribution is 6.06. The number of phenolic OH excluding ortho intramolecular Hbond substituents is 1. The molecular weight excluding hydrogens is 478 g/mol. The number of amides is 2. The van der Waals surface area contributed by atoms with Gasteiger partial charge in [0.15, 0.2) is 0 Å². The molecular formula is C32H45NO5. The van der Waals surface area contributed by atoms with Crippen molar-refractivity contribution < 1.29 is 24.9 Å². The number of rotatable bonds is 9. The third-order valence-corrected chi connectivity index (χ3v) is 9.05. The van der Waals surface area contributed by atoms with E-state index in [-0.39, 0.29) is 24.5 Å². The second kappa shape index (κ2) is 12.2. The number of likely N-dealkylation sites (tertiary alicyclic amines) is 1.